The summed E-state index contributed by atoms with van der Waals surface area (Å²) in [6, 6.07) is 8.99. The van der Waals surface area contributed by atoms with E-state index in [9.17, 15) is 4.79 Å². The molecular formula is C12H10N4O2. The highest BCUT2D eigenvalue weighted by atomic mass is 16.4. The molecule has 0 saturated carbocycles. The lowest BCUT2D eigenvalue weighted by Gasteiger charge is -2.01. The van der Waals surface area contributed by atoms with Gasteiger partial charge in [0.1, 0.15) is 0 Å². The quantitative estimate of drug-likeness (QED) is 0.837. The highest BCUT2D eigenvalue weighted by molar-refractivity contribution is 5.91. The standard InChI is InChI=1S/C12H10N4O2/c13-5-8-1-3-9(4-2-8)6-16-7-10(14)11(15-16)12(17)18/h1-4,7H,6,14H2,(H,17,18). The van der Waals surface area contributed by atoms with Crippen molar-refractivity contribution < 1.29 is 9.90 Å². The van der Waals surface area contributed by atoms with Crippen molar-refractivity contribution in [2.24, 2.45) is 0 Å². The van der Waals surface area contributed by atoms with Gasteiger partial charge in [-0.15, -0.1) is 0 Å². The van der Waals surface area contributed by atoms with Gasteiger partial charge in [0.05, 0.1) is 23.9 Å². The molecule has 6 nitrogen and oxygen atoms in total. The molecule has 1 heterocycles. The number of aromatic carboxylic acids is 1. The van der Waals surface area contributed by atoms with Crippen LogP contribution in [0.5, 0.6) is 0 Å². The average molecular weight is 242 g/mol. The van der Waals surface area contributed by atoms with E-state index in [4.69, 9.17) is 16.1 Å². The van der Waals surface area contributed by atoms with Crippen LogP contribution in [-0.2, 0) is 6.54 Å². The molecule has 0 unspecified atom stereocenters. The number of nitriles is 1. The maximum atomic E-state index is 10.8. The molecule has 0 aliphatic carbocycles. The molecule has 0 aliphatic rings. The molecule has 0 bridgehead atoms. The predicted molar refractivity (Wildman–Crippen MR) is 63.9 cm³/mol. The summed E-state index contributed by atoms with van der Waals surface area (Å²) in [6.07, 6.45) is 1.47. The van der Waals surface area contributed by atoms with Crippen molar-refractivity contribution in [3.05, 3.63) is 47.3 Å². The number of hydrogen-bond acceptors (Lipinski definition) is 4. The van der Waals surface area contributed by atoms with Gasteiger partial charge in [-0.2, -0.15) is 10.4 Å². The molecule has 2 aromatic rings. The molecule has 2 rings (SSSR count). The van der Waals surface area contributed by atoms with Crippen molar-refractivity contribution in [2.45, 2.75) is 6.54 Å². The number of hydrogen-bond donors (Lipinski definition) is 2. The fourth-order valence-electron chi connectivity index (χ4n) is 1.56. The molecule has 3 N–H and O–H groups in total. The minimum Gasteiger partial charge on any atom is -0.476 e. The van der Waals surface area contributed by atoms with Crippen molar-refractivity contribution in [3.63, 3.8) is 0 Å². The first-order valence-corrected chi connectivity index (χ1v) is 5.15. The summed E-state index contributed by atoms with van der Waals surface area (Å²) in [7, 11) is 0. The van der Waals surface area contributed by atoms with Gasteiger partial charge >= 0.3 is 5.97 Å². The molecule has 1 aromatic carbocycles. The van der Waals surface area contributed by atoms with Crippen LogP contribution in [0, 0.1) is 11.3 Å². The fourth-order valence-corrected chi connectivity index (χ4v) is 1.56. The topological polar surface area (TPSA) is 105 Å². The molecule has 6 heteroatoms. The number of carboxylic acids is 1. The van der Waals surface area contributed by atoms with Gasteiger partial charge in [0.25, 0.3) is 0 Å². The van der Waals surface area contributed by atoms with Crippen molar-refractivity contribution >= 4 is 11.7 Å². The maximum absolute atomic E-state index is 10.8. The normalized spacial score (nSPS) is 9.94. The molecule has 90 valence electrons. The minimum absolute atomic E-state index is 0.135. The van der Waals surface area contributed by atoms with Crippen LogP contribution in [0.25, 0.3) is 0 Å². The van der Waals surface area contributed by atoms with Crippen LogP contribution in [0.3, 0.4) is 0 Å². The number of benzene rings is 1. The summed E-state index contributed by atoms with van der Waals surface area (Å²) in [5.41, 5.74) is 7.00. The van der Waals surface area contributed by atoms with E-state index >= 15 is 0 Å². The Morgan fingerprint density at radius 1 is 1.44 bits per heavy atom. The second-order valence-electron chi connectivity index (χ2n) is 3.74. The van der Waals surface area contributed by atoms with Gasteiger partial charge < -0.3 is 10.8 Å². The minimum atomic E-state index is -1.15. The first kappa shape index (κ1) is 11.7. The summed E-state index contributed by atoms with van der Waals surface area (Å²) >= 11 is 0. The zero-order chi connectivity index (χ0) is 13.1. The number of nitrogen functional groups attached to an aromatic ring is 1. The Kier molecular flexibility index (Phi) is 2.98. The Hall–Kier alpha value is -2.81. The monoisotopic (exact) mass is 242 g/mol. The first-order chi connectivity index (χ1) is 8.60. The highest BCUT2D eigenvalue weighted by Crippen LogP contribution is 2.11. The van der Waals surface area contributed by atoms with Gasteiger partial charge in [-0.1, -0.05) is 12.1 Å². The number of rotatable bonds is 3. The smallest absolute Gasteiger partial charge is 0.358 e. The first-order valence-electron chi connectivity index (χ1n) is 5.15. The lowest BCUT2D eigenvalue weighted by Crippen LogP contribution is -2.04. The van der Waals surface area contributed by atoms with Gasteiger partial charge in [0.15, 0.2) is 5.69 Å². The van der Waals surface area contributed by atoms with Crippen LogP contribution >= 0.6 is 0 Å². The van der Waals surface area contributed by atoms with E-state index in [0.29, 0.717) is 12.1 Å². The van der Waals surface area contributed by atoms with Crippen molar-refractivity contribution in [1.29, 1.82) is 5.26 Å². The molecule has 0 spiro atoms. The molecule has 0 atom stereocenters. The Morgan fingerprint density at radius 2 is 2.11 bits per heavy atom. The number of nitrogens with zero attached hydrogens (tertiary/aromatic N) is 3. The summed E-state index contributed by atoms with van der Waals surface area (Å²) in [6.45, 7) is 0.406. The lowest BCUT2D eigenvalue weighted by molar-refractivity contribution is 0.0690. The maximum Gasteiger partial charge on any atom is 0.358 e. The zero-order valence-corrected chi connectivity index (χ0v) is 9.37. The zero-order valence-electron chi connectivity index (χ0n) is 9.37. The number of carbonyl (C=O) groups is 1. The largest absolute Gasteiger partial charge is 0.476 e. The summed E-state index contributed by atoms with van der Waals surface area (Å²) in [4.78, 5) is 10.8. The van der Waals surface area contributed by atoms with E-state index in [1.807, 2.05) is 6.07 Å². The molecule has 0 fully saturated rings. The van der Waals surface area contributed by atoms with Crippen LogP contribution in [0.4, 0.5) is 5.69 Å². The number of nitrogens with two attached hydrogens (primary N) is 1. The van der Waals surface area contributed by atoms with Crippen LogP contribution in [0.2, 0.25) is 0 Å². The Balaban J connectivity index is 2.21. The van der Waals surface area contributed by atoms with Crippen LogP contribution in [-0.4, -0.2) is 20.9 Å². The Bertz CT molecular complexity index is 623. The summed E-state index contributed by atoms with van der Waals surface area (Å²) in [5.74, 6) is -1.15. The van der Waals surface area contributed by atoms with E-state index in [2.05, 4.69) is 5.10 Å². The van der Waals surface area contributed by atoms with Crippen molar-refractivity contribution in [2.75, 3.05) is 5.73 Å². The van der Waals surface area contributed by atoms with Gasteiger partial charge in [0, 0.05) is 6.20 Å². The molecule has 0 radical (unpaired) electrons. The summed E-state index contributed by atoms with van der Waals surface area (Å²) in [5, 5.41) is 21.4. The fraction of sp³-hybridized carbons (Fsp3) is 0.0833. The van der Waals surface area contributed by atoms with Crippen molar-refractivity contribution in [1.82, 2.24) is 9.78 Å². The summed E-state index contributed by atoms with van der Waals surface area (Å²) < 4.78 is 1.46. The molecule has 18 heavy (non-hydrogen) atoms. The van der Waals surface area contributed by atoms with Gasteiger partial charge in [-0.3, -0.25) is 4.68 Å². The molecule has 1 aromatic heterocycles. The molecule has 0 amide bonds. The van der Waals surface area contributed by atoms with E-state index in [1.165, 1.54) is 10.9 Å². The number of carboxylic acid groups (broad SMARTS) is 1. The van der Waals surface area contributed by atoms with E-state index in [1.54, 1.807) is 24.3 Å². The van der Waals surface area contributed by atoms with Crippen LogP contribution < -0.4 is 5.73 Å². The van der Waals surface area contributed by atoms with Gasteiger partial charge in [-0.25, -0.2) is 4.79 Å². The van der Waals surface area contributed by atoms with Crippen molar-refractivity contribution in [3.8, 4) is 6.07 Å². The van der Waals surface area contributed by atoms with E-state index in [-0.39, 0.29) is 11.4 Å². The van der Waals surface area contributed by atoms with Gasteiger partial charge in [0.2, 0.25) is 0 Å². The average Bonchev–Trinajstić information content (AvgIpc) is 2.71. The van der Waals surface area contributed by atoms with Crippen LogP contribution in [0.15, 0.2) is 30.5 Å². The van der Waals surface area contributed by atoms with E-state index in [0.717, 1.165) is 5.56 Å². The Morgan fingerprint density at radius 3 is 2.61 bits per heavy atom. The van der Waals surface area contributed by atoms with Gasteiger partial charge in [-0.05, 0) is 17.7 Å². The molecule has 0 saturated heterocycles. The van der Waals surface area contributed by atoms with Crippen LogP contribution in [0.1, 0.15) is 21.6 Å². The second kappa shape index (κ2) is 4.59. The van der Waals surface area contributed by atoms with E-state index < -0.39 is 5.97 Å². The lowest BCUT2D eigenvalue weighted by atomic mass is 10.1. The SMILES string of the molecule is N#Cc1ccc(Cn2cc(N)c(C(=O)O)n2)cc1. The molecular weight excluding hydrogens is 232 g/mol. The second-order valence-corrected chi connectivity index (χ2v) is 3.74. The Labute approximate surface area is 103 Å². The highest BCUT2D eigenvalue weighted by Gasteiger charge is 2.13. The molecule has 0 aliphatic heterocycles. The number of anilines is 1. The predicted octanol–water partition coefficient (Wildman–Crippen LogP) is 1.08. The third-order valence-electron chi connectivity index (χ3n) is 2.42. The third kappa shape index (κ3) is 2.30. The number of aromatic nitrogens is 2. The third-order valence-corrected chi connectivity index (χ3v) is 2.42.